The fraction of sp³-hybridized carbons (Fsp3) is 0.391. The van der Waals surface area contributed by atoms with E-state index in [9.17, 15) is 14.4 Å². The molecule has 1 aromatic carbocycles. The monoisotopic (exact) mass is 421 g/mol. The van der Waals surface area contributed by atoms with Gasteiger partial charge in [-0.15, -0.1) is 0 Å². The lowest BCUT2D eigenvalue weighted by Crippen LogP contribution is -2.50. The number of aromatic nitrogens is 1. The van der Waals surface area contributed by atoms with Gasteiger partial charge in [-0.3, -0.25) is 19.4 Å². The number of ketones is 1. The molecule has 0 saturated carbocycles. The highest BCUT2D eigenvalue weighted by atomic mass is 16.2. The molecule has 0 radical (unpaired) electrons. The minimum absolute atomic E-state index is 0.00856. The van der Waals surface area contributed by atoms with Gasteiger partial charge in [-0.1, -0.05) is 6.07 Å². The van der Waals surface area contributed by atoms with Crippen LogP contribution >= 0.6 is 0 Å². The van der Waals surface area contributed by atoms with Crippen LogP contribution in [0.15, 0.2) is 48.7 Å². The molecule has 3 unspecified atom stereocenters. The van der Waals surface area contributed by atoms with Crippen LogP contribution in [-0.2, 0) is 9.59 Å². The Morgan fingerprint density at radius 2 is 1.90 bits per heavy atom. The van der Waals surface area contributed by atoms with Crippen molar-refractivity contribution in [2.75, 3.05) is 18.4 Å². The predicted molar refractivity (Wildman–Crippen MR) is 116 cm³/mol. The molecule has 2 aliphatic heterocycles. The van der Waals surface area contributed by atoms with E-state index in [-0.39, 0.29) is 35.6 Å². The molecule has 2 amide bonds. The van der Waals surface area contributed by atoms with Gasteiger partial charge in [-0.05, 0) is 62.6 Å². The number of amides is 2. The zero-order valence-electron chi connectivity index (χ0n) is 17.5. The second-order valence-corrected chi connectivity index (χ2v) is 8.13. The Morgan fingerprint density at radius 3 is 2.61 bits per heavy atom. The molecule has 2 aromatic rings. The molecule has 3 atom stereocenters. The Kier molecular flexibility index (Phi) is 6.39. The smallest absolute Gasteiger partial charge is 0.241 e. The zero-order chi connectivity index (χ0) is 21.8. The number of nitrogens with one attached hydrogen (secondary N) is 3. The van der Waals surface area contributed by atoms with Crippen molar-refractivity contribution in [1.82, 2.24) is 20.7 Å². The topological polar surface area (TPSA) is 103 Å². The number of likely N-dealkylation sites (tertiary alicyclic amines) is 1. The summed E-state index contributed by atoms with van der Waals surface area (Å²) >= 11 is 0. The third-order valence-corrected chi connectivity index (χ3v) is 5.91. The number of benzene rings is 1. The predicted octanol–water partition coefficient (Wildman–Crippen LogP) is 2.07. The van der Waals surface area contributed by atoms with Crippen LogP contribution in [0.25, 0.3) is 0 Å². The molecular weight excluding hydrogens is 394 g/mol. The zero-order valence-corrected chi connectivity index (χ0v) is 17.5. The molecule has 162 valence electrons. The van der Waals surface area contributed by atoms with Gasteiger partial charge >= 0.3 is 0 Å². The summed E-state index contributed by atoms with van der Waals surface area (Å²) in [4.78, 5) is 43.3. The van der Waals surface area contributed by atoms with E-state index in [4.69, 9.17) is 0 Å². The number of rotatable bonds is 5. The summed E-state index contributed by atoms with van der Waals surface area (Å²) in [6, 6.07) is 12.2. The van der Waals surface area contributed by atoms with E-state index in [1.807, 2.05) is 18.2 Å². The summed E-state index contributed by atoms with van der Waals surface area (Å²) in [5.74, 6) is -0.364. The number of carbonyl (C=O) groups excluding carboxylic acids is 3. The molecule has 2 aliphatic rings. The first-order valence-electron chi connectivity index (χ1n) is 10.6. The number of carbonyl (C=O) groups is 3. The lowest BCUT2D eigenvalue weighted by molar-refractivity contribution is -0.136. The van der Waals surface area contributed by atoms with Gasteiger partial charge in [0.2, 0.25) is 11.8 Å². The first-order valence-corrected chi connectivity index (χ1v) is 10.6. The summed E-state index contributed by atoms with van der Waals surface area (Å²) < 4.78 is 0. The molecule has 3 N–H and O–H groups in total. The first kappa shape index (κ1) is 21.1. The second-order valence-electron chi connectivity index (χ2n) is 8.13. The van der Waals surface area contributed by atoms with E-state index < -0.39 is 0 Å². The third kappa shape index (κ3) is 4.98. The number of hydrazine groups is 1. The van der Waals surface area contributed by atoms with Crippen molar-refractivity contribution >= 4 is 23.3 Å². The van der Waals surface area contributed by atoms with Crippen LogP contribution < -0.4 is 16.2 Å². The van der Waals surface area contributed by atoms with Gasteiger partial charge in [0.25, 0.3) is 0 Å². The van der Waals surface area contributed by atoms with Crippen LogP contribution in [0.5, 0.6) is 0 Å². The molecule has 8 nitrogen and oxygen atoms in total. The highest BCUT2D eigenvalue weighted by molar-refractivity contribution is 5.96. The molecule has 1 aromatic heterocycles. The van der Waals surface area contributed by atoms with Crippen molar-refractivity contribution in [2.45, 2.75) is 38.3 Å². The fourth-order valence-corrected chi connectivity index (χ4v) is 4.14. The average Bonchev–Trinajstić information content (AvgIpc) is 3.30. The SMILES string of the molecule is CC(=O)c1ccc(NC(=O)C2CCCN(C(=O)C3CC(c4ccccn4)NN3)C2)cc1. The van der Waals surface area contributed by atoms with E-state index in [2.05, 4.69) is 21.2 Å². The van der Waals surface area contributed by atoms with Crippen molar-refractivity contribution in [3.05, 3.63) is 59.9 Å². The number of anilines is 1. The summed E-state index contributed by atoms with van der Waals surface area (Å²) in [6.07, 6.45) is 3.89. The number of pyridine rings is 1. The average molecular weight is 422 g/mol. The normalized spacial score (nSPS) is 23.4. The van der Waals surface area contributed by atoms with Gasteiger partial charge in [-0.25, -0.2) is 10.9 Å². The van der Waals surface area contributed by atoms with Crippen molar-refractivity contribution in [1.29, 1.82) is 0 Å². The summed E-state index contributed by atoms with van der Waals surface area (Å²) in [5.41, 5.74) is 8.41. The summed E-state index contributed by atoms with van der Waals surface area (Å²) in [5, 5.41) is 2.91. The van der Waals surface area contributed by atoms with Gasteiger partial charge in [0.05, 0.1) is 17.7 Å². The Bertz CT molecular complexity index is 947. The molecule has 0 bridgehead atoms. The molecule has 0 spiro atoms. The van der Waals surface area contributed by atoms with Gasteiger partial charge in [0.1, 0.15) is 6.04 Å². The fourth-order valence-electron chi connectivity index (χ4n) is 4.14. The summed E-state index contributed by atoms with van der Waals surface area (Å²) in [6.45, 7) is 2.57. The Morgan fingerprint density at radius 1 is 1.10 bits per heavy atom. The van der Waals surface area contributed by atoms with Gasteiger partial charge < -0.3 is 10.2 Å². The Balaban J connectivity index is 1.33. The molecule has 4 rings (SSSR count). The van der Waals surface area contributed by atoms with Gasteiger partial charge in [0.15, 0.2) is 5.78 Å². The van der Waals surface area contributed by atoms with E-state index in [1.165, 1.54) is 6.92 Å². The van der Waals surface area contributed by atoms with Crippen LogP contribution in [0.1, 0.15) is 48.3 Å². The minimum atomic E-state index is -0.340. The number of Topliss-reactive ketones (excluding diaryl/α,β-unsaturated/α-hetero) is 1. The molecule has 3 heterocycles. The lowest BCUT2D eigenvalue weighted by atomic mass is 9.95. The highest BCUT2D eigenvalue weighted by Crippen LogP contribution is 2.24. The molecule has 2 fully saturated rings. The Labute approximate surface area is 181 Å². The van der Waals surface area contributed by atoms with E-state index in [0.29, 0.717) is 30.8 Å². The second kappa shape index (κ2) is 9.36. The van der Waals surface area contributed by atoms with Crippen LogP contribution in [0, 0.1) is 5.92 Å². The standard InChI is InChI=1S/C23H27N5O3/c1-15(29)16-7-9-18(10-8-16)25-22(30)17-5-4-12-28(14-17)23(31)21-13-20(26-27-21)19-6-2-3-11-24-19/h2-3,6-11,17,20-21,26-27H,4-5,12-14H2,1H3,(H,25,30). The van der Waals surface area contributed by atoms with Crippen LogP contribution in [0.4, 0.5) is 5.69 Å². The van der Waals surface area contributed by atoms with Crippen LogP contribution in [-0.4, -0.2) is 46.6 Å². The van der Waals surface area contributed by atoms with E-state index >= 15 is 0 Å². The molecule has 0 aliphatic carbocycles. The van der Waals surface area contributed by atoms with Crippen molar-refractivity contribution < 1.29 is 14.4 Å². The lowest BCUT2D eigenvalue weighted by Gasteiger charge is -2.33. The van der Waals surface area contributed by atoms with Crippen LogP contribution in [0.3, 0.4) is 0 Å². The molecule has 2 saturated heterocycles. The minimum Gasteiger partial charge on any atom is -0.341 e. The number of piperidine rings is 1. The number of hydrogen-bond acceptors (Lipinski definition) is 6. The first-order chi connectivity index (χ1) is 15.0. The third-order valence-electron chi connectivity index (χ3n) is 5.91. The maximum absolute atomic E-state index is 13.0. The number of hydrogen-bond donors (Lipinski definition) is 3. The van der Waals surface area contributed by atoms with E-state index in [0.717, 1.165) is 18.5 Å². The molecule has 8 heteroatoms. The molecular formula is C23H27N5O3. The van der Waals surface area contributed by atoms with Gasteiger partial charge in [-0.2, -0.15) is 0 Å². The Hall–Kier alpha value is -3.10. The maximum Gasteiger partial charge on any atom is 0.241 e. The van der Waals surface area contributed by atoms with Crippen molar-refractivity contribution in [3.8, 4) is 0 Å². The van der Waals surface area contributed by atoms with E-state index in [1.54, 1.807) is 35.4 Å². The quantitative estimate of drug-likeness (QED) is 0.639. The molecule has 31 heavy (non-hydrogen) atoms. The van der Waals surface area contributed by atoms with Gasteiger partial charge in [0, 0.05) is 30.5 Å². The maximum atomic E-state index is 13.0. The summed E-state index contributed by atoms with van der Waals surface area (Å²) in [7, 11) is 0. The largest absolute Gasteiger partial charge is 0.341 e. The van der Waals surface area contributed by atoms with Crippen LogP contribution in [0.2, 0.25) is 0 Å². The van der Waals surface area contributed by atoms with Crippen molar-refractivity contribution in [3.63, 3.8) is 0 Å². The number of nitrogens with zero attached hydrogens (tertiary/aromatic N) is 2. The highest BCUT2D eigenvalue weighted by Gasteiger charge is 2.36. The van der Waals surface area contributed by atoms with Crippen molar-refractivity contribution in [2.24, 2.45) is 5.92 Å².